The van der Waals surface area contributed by atoms with Gasteiger partial charge in [0.15, 0.2) is 0 Å². The fourth-order valence-corrected chi connectivity index (χ4v) is 2.32. The van der Waals surface area contributed by atoms with Crippen molar-refractivity contribution in [1.82, 2.24) is 4.98 Å². The Morgan fingerprint density at radius 1 is 1.12 bits per heavy atom. The second-order valence-corrected chi connectivity index (χ2v) is 4.99. The van der Waals surface area contributed by atoms with Crippen LogP contribution < -0.4 is 10.1 Å². The van der Waals surface area contributed by atoms with Gasteiger partial charge in [-0.2, -0.15) is 0 Å². The van der Waals surface area contributed by atoms with E-state index < -0.39 is 29.0 Å². The average Bonchev–Trinajstić information content (AvgIpc) is 3.00. The number of aromatic nitrogens is 1. The highest BCUT2D eigenvalue weighted by atomic mass is 19.1. The molecule has 0 fully saturated rings. The second-order valence-electron chi connectivity index (χ2n) is 4.99. The maximum Gasteiger partial charge on any atom is 0.297 e. The van der Waals surface area contributed by atoms with E-state index in [1.54, 1.807) is 18.2 Å². The Morgan fingerprint density at radius 3 is 2.50 bits per heavy atom. The number of carbonyl (C=O) groups excluding carboxylic acids is 2. The highest BCUT2D eigenvalue weighted by Gasteiger charge is 2.22. The minimum Gasteiger partial charge on any atom is -0.497 e. The number of halogens is 2. The Labute approximate surface area is 135 Å². The number of rotatable bonds is 4. The quantitative estimate of drug-likeness (QED) is 0.570. The van der Waals surface area contributed by atoms with E-state index in [4.69, 9.17) is 4.74 Å². The SMILES string of the molecule is COc1ccc2[nH]cc(C(=O)C(=O)Nc3c(F)cccc3F)c2c1. The van der Waals surface area contributed by atoms with Crippen LogP contribution >= 0.6 is 0 Å². The lowest BCUT2D eigenvalue weighted by Gasteiger charge is -2.06. The van der Waals surface area contributed by atoms with E-state index >= 15 is 0 Å². The van der Waals surface area contributed by atoms with Gasteiger partial charge < -0.3 is 15.0 Å². The fraction of sp³-hybridized carbons (Fsp3) is 0.0588. The molecule has 0 aliphatic heterocycles. The standard InChI is InChI=1S/C17H12F2N2O3/c1-24-9-5-6-14-10(7-9)11(8-20-14)16(22)17(23)21-15-12(18)3-2-4-13(15)19/h2-8,20H,1H3,(H,21,23). The van der Waals surface area contributed by atoms with Crippen molar-refractivity contribution in [2.24, 2.45) is 0 Å². The molecule has 0 aliphatic rings. The number of hydrogen-bond donors (Lipinski definition) is 2. The van der Waals surface area contributed by atoms with Gasteiger partial charge in [-0.15, -0.1) is 0 Å². The first-order valence-electron chi connectivity index (χ1n) is 6.96. The summed E-state index contributed by atoms with van der Waals surface area (Å²) in [5.41, 5.74) is 0.0513. The summed E-state index contributed by atoms with van der Waals surface area (Å²) < 4.78 is 32.2. The van der Waals surface area contributed by atoms with Gasteiger partial charge >= 0.3 is 0 Å². The van der Waals surface area contributed by atoms with E-state index in [2.05, 4.69) is 4.98 Å². The van der Waals surface area contributed by atoms with Crippen LogP contribution in [0.1, 0.15) is 10.4 Å². The second kappa shape index (κ2) is 6.11. The van der Waals surface area contributed by atoms with E-state index in [-0.39, 0.29) is 5.56 Å². The molecule has 0 saturated heterocycles. The largest absolute Gasteiger partial charge is 0.497 e. The van der Waals surface area contributed by atoms with Crippen LogP contribution in [-0.2, 0) is 4.79 Å². The van der Waals surface area contributed by atoms with Crippen LogP contribution in [0.3, 0.4) is 0 Å². The molecule has 24 heavy (non-hydrogen) atoms. The highest BCUT2D eigenvalue weighted by Crippen LogP contribution is 2.25. The van der Waals surface area contributed by atoms with Crippen molar-refractivity contribution in [1.29, 1.82) is 0 Å². The average molecular weight is 330 g/mol. The van der Waals surface area contributed by atoms with Gasteiger partial charge in [0.2, 0.25) is 0 Å². The summed E-state index contributed by atoms with van der Waals surface area (Å²) in [6.45, 7) is 0. The lowest BCUT2D eigenvalue weighted by Crippen LogP contribution is -2.23. The van der Waals surface area contributed by atoms with E-state index in [9.17, 15) is 18.4 Å². The minimum atomic E-state index is -1.14. The normalized spacial score (nSPS) is 10.6. The monoisotopic (exact) mass is 330 g/mol. The van der Waals surface area contributed by atoms with E-state index in [0.29, 0.717) is 16.7 Å². The number of benzene rings is 2. The first-order valence-corrected chi connectivity index (χ1v) is 6.96. The number of hydrogen-bond acceptors (Lipinski definition) is 3. The lowest BCUT2D eigenvalue weighted by atomic mass is 10.1. The number of Topliss-reactive ketones (excluding diaryl/α,β-unsaturated/α-hetero) is 1. The van der Waals surface area contributed by atoms with Gasteiger partial charge in [-0.3, -0.25) is 9.59 Å². The molecule has 1 aromatic heterocycles. The molecule has 1 heterocycles. The van der Waals surface area contributed by atoms with Crippen LogP contribution in [-0.4, -0.2) is 23.8 Å². The molecule has 0 spiro atoms. The zero-order valence-electron chi connectivity index (χ0n) is 12.5. The summed E-state index contributed by atoms with van der Waals surface area (Å²) in [6, 6.07) is 8.12. The minimum absolute atomic E-state index is 0.0816. The molecule has 0 aliphatic carbocycles. The third-order valence-corrected chi connectivity index (χ3v) is 3.54. The van der Waals surface area contributed by atoms with Gasteiger partial charge in [0.1, 0.15) is 23.1 Å². The molecule has 2 aromatic carbocycles. The molecule has 0 radical (unpaired) electrons. The summed E-state index contributed by atoms with van der Waals surface area (Å²) in [6.07, 6.45) is 1.36. The molecule has 1 amide bonds. The van der Waals surface area contributed by atoms with Gasteiger partial charge in [0.05, 0.1) is 12.7 Å². The molecule has 0 unspecified atom stereocenters. The third-order valence-electron chi connectivity index (χ3n) is 3.54. The van der Waals surface area contributed by atoms with E-state index in [1.807, 2.05) is 5.32 Å². The Kier molecular flexibility index (Phi) is 3.99. The number of carbonyl (C=O) groups is 2. The predicted molar refractivity (Wildman–Crippen MR) is 84.2 cm³/mol. The van der Waals surface area contributed by atoms with Crippen molar-refractivity contribution >= 4 is 28.3 Å². The maximum absolute atomic E-state index is 13.6. The number of aromatic amines is 1. The number of H-pyrrole nitrogens is 1. The lowest BCUT2D eigenvalue weighted by molar-refractivity contribution is -0.112. The zero-order valence-corrected chi connectivity index (χ0v) is 12.5. The Morgan fingerprint density at radius 2 is 1.83 bits per heavy atom. The van der Waals surface area contributed by atoms with Crippen LogP contribution in [0.4, 0.5) is 14.5 Å². The van der Waals surface area contributed by atoms with Crippen LogP contribution in [0.15, 0.2) is 42.6 Å². The highest BCUT2D eigenvalue weighted by molar-refractivity contribution is 6.48. The molecule has 3 aromatic rings. The molecule has 2 N–H and O–H groups in total. The first kappa shape index (κ1) is 15.7. The van der Waals surface area contributed by atoms with Crippen LogP contribution in [0.2, 0.25) is 0 Å². The van der Waals surface area contributed by atoms with Gasteiger partial charge in [-0.25, -0.2) is 8.78 Å². The van der Waals surface area contributed by atoms with Crippen LogP contribution in [0, 0.1) is 11.6 Å². The number of para-hydroxylation sites is 1. The van der Waals surface area contributed by atoms with Crippen molar-refractivity contribution in [2.45, 2.75) is 0 Å². The number of nitrogens with one attached hydrogen (secondary N) is 2. The zero-order chi connectivity index (χ0) is 17.3. The van der Waals surface area contributed by atoms with Crippen LogP contribution in [0.5, 0.6) is 5.75 Å². The van der Waals surface area contributed by atoms with Crippen molar-refractivity contribution < 1.29 is 23.1 Å². The molecule has 0 atom stereocenters. The fourth-order valence-electron chi connectivity index (χ4n) is 2.32. The summed E-state index contributed by atoms with van der Waals surface area (Å²) >= 11 is 0. The van der Waals surface area contributed by atoms with E-state index in [0.717, 1.165) is 18.2 Å². The molecule has 0 saturated carbocycles. The summed E-state index contributed by atoms with van der Waals surface area (Å²) in [7, 11) is 1.48. The van der Waals surface area contributed by atoms with Gasteiger partial charge in [-0.05, 0) is 30.3 Å². The summed E-state index contributed by atoms with van der Waals surface area (Å²) in [5.74, 6) is -3.47. The van der Waals surface area contributed by atoms with Crippen molar-refractivity contribution in [3.05, 3.63) is 59.8 Å². The summed E-state index contributed by atoms with van der Waals surface area (Å²) in [4.78, 5) is 27.3. The topological polar surface area (TPSA) is 71.2 Å². The molecular formula is C17H12F2N2O3. The van der Waals surface area contributed by atoms with Gasteiger partial charge in [0.25, 0.3) is 11.7 Å². The number of fused-ring (bicyclic) bond motifs is 1. The number of ether oxygens (including phenoxy) is 1. The predicted octanol–water partition coefficient (Wildman–Crippen LogP) is 3.28. The smallest absolute Gasteiger partial charge is 0.297 e. The molecule has 0 bridgehead atoms. The van der Waals surface area contributed by atoms with Crippen molar-refractivity contribution in [3.8, 4) is 5.75 Å². The Balaban J connectivity index is 1.93. The molecule has 5 nitrogen and oxygen atoms in total. The van der Waals surface area contributed by atoms with Gasteiger partial charge in [0, 0.05) is 17.1 Å². The summed E-state index contributed by atoms with van der Waals surface area (Å²) in [5, 5.41) is 2.45. The van der Waals surface area contributed by atoms with E-state index in [1.165, 1.54) is 13.3 Å². The number of amides is 1. The molecule has 122 valence electrons. The van der Waals surface area contributed by atoms with Crippen LogP contribution in [0.25, 0.3) is 10.9 Å². The van der Waals surface area contributed by atoms with Crippen molar-refractivity contribution in [2.75, 3.05) is 12.4 Å². The number of anilines is 1. The number of ketones is 1. The third kappa shape index (κ3) is 2.71. The van der Waals surface area contributed by atoms with Crippen molar-refractivity contribution in [3.63, 3.8) is 0 Å². The Bertz CT molecular complexity index is 930. The molecule has 3 rings (SSSR count). The number of methoxy groups -OCH3 is 1. The molecule has 7 heteroatoms. The Hall–Kier alpha value is -3.22. The molecular weight excluding hydrogens is 318 g/mol. The maximum atomic E-state index is 13.6. The first-order chi connectivity index (χ1) is 11.5. The van der Waals surface area contributed by atoms with Gasteiger partial charge in [-0.1, -0.05) is 6.07 Å².